The maximum absolute atomic E-state index is 11.9. The highest BCUT2D eigenvalue weighted by atomic mass is 16.6. The molecule has 1 aliphatic heterocycles. The van der Waals surface area contributed by atoms with Crippen LogP contribution in [0.1, 0.15) is 54.4 Å². The van der Waals surface area contributed by atoms with Crippen LogP contribution in [-0.4, -0.2) is 48.2 Å². The van der Waals surface area contributed by atoms with Crippen LogP contribution < -0.4 is 11.1 Å². The molecule has 1 atom stereocenters. The molecule has 1 aliphatic rings. The predicted molar refractivity (Wildman–Crippen MR) is 94.5 cm³/mol. The molecule has 3 N–H and O–H groups in total. The summed E-state index contributed by atoms with van der Waals surface area (Å²) in [6.07, 6.45) is 1.90. The number of nitrogens with two attached hydrogens (primary N) is 1. The Balaban J connectivity index is 2.55. The lowest BCUT2D eigenvalue weighted by Gasteiger charge is -2.31. The lowest BCUT2D eigenvalue weighted by molar-refractivity contribution is 0.0493. The lowest BCUT2D eigenvalue weighted by Crippen LogP contribution is -2.46. The fraction of sp³-hybridized carbons (Fsp3) is 0.882. The standard InChI is InChI=1S/C17H34N4O2/c1-12(2)14(20-16(22)23-17(4,5)6)11-19-15(18)21-9-7-13(3)8-10-21/h12-14H,7-11H2,1-6H3,(H2,18,19)(H,20,22). The first-order valence-electron chi connectivity index (χ1n) is 8.63. The number of ether oxygens (including phenoxy) is 1. The Hall–Kier alpha value is -1.46. The first-order chi connectivity index (χ1) is 10.6. The number of amides is 1. The summed E-state index contributed by atoms with van der Waals surface area (Å²) in [4.78, 5) is 18.6. The van der Waals surface area contributed by atoms with Crippen molar-refractivity contribution in [3.8, 4) is 0 Å². The summed E-state index contributed by atoms with van der Waals surface area (Å²) in [5.74, 6) is 1.59. The van der Waals surface area contributed by atoms with Gasteiger partial charge in [-0.3, -0.25) is 4.99 Å². The van der Waals surface area contributed by atoms with Crippen molar-refractivity contribution in [2.75, 3.05) is 19.6 Å². The van der Waals surface area contributed by atoms with Gasteiger partial charge in [-0.2, -0.15) is 0 Å². The topological polar surface area (TPSA) is 80.0 Å². The van der Waals surface area contributed by atoms with Crippen LogP contribution in [0, 0.1) is 11.8 Å². The molecule has 23 heavy (non-hydrogen) atoms. The van der Waals surface area contributed by atoms with Crippen LogP contribution in [0.5, 0.6) is 0 Å². The molecule has 0 aromatic rings. The molecule has 1 amide bonds. The summed E-state index contributed by atoms with van der Waals surface area (Å²) < 4.78 is 5.31. The van der Waals surface area contributed by atoms with Crippen LogP contribution in [0.4, 0.5) is 4.79 Å². The van der Waals surface area contributed by atoms with Gasteiger partial charge in [0.05, 0.1) is 12.6 Å². The average Bonchev–Trinajstić information content (AvgIpc) is 2.41. The molecular weight excluding hydrogens is 292 g/mol. The van der Waals surface area contributed by atoms with Crippen molar-refractivity contribution in [1.82, 2.24) is 10.2 Å². The third-order valence-corrected chi connectivity index (χ3v) is 4.06. The van der Waals surface area contributed by atoms with E-state index in [1.165, 1.54) is 0 Å². The number of nitrogens with zero attached hydrogens (tertiary/aromatic N) is 2. The van der Waals surface area contributed by atoms with Crippen molar-refractivity contribution < 1.29 is 9.53 Å². The number of alkyl carbamates (subject to hydrolysis) is 1. The van der Waals surface area contributed by atoms with Gasteiger partial charge in [0, 0.05) is 13.1 Å². The number of hydrogen-bond acceptors (Lipinski definition) is 3. The number of rotatable bonds is 4. The van der Waals surface area contributed by atoms with Gasteiger partial charge in [0.25, 0.3) is 0 Å². The first kappa shape index (κ1) is 19.6. The molecule has 0 aromatic carbocycles. The Morgan fingerprint density at radius 1 is 1.35 bits per heavy atom. The zero-order valence-corrected chi connectivity index (χ0v) is 15.6. The Bertz CT molecular complexity index is 407. The second-order valence-electron chi connectivity index (χ2n) is 7.87. The number of carbonyl (C=O) groups is 1. The molecule has 0 aromatic heterocycles. The van der Waals surface area contributed by atoms with E-state index in [1.54, 1.807) is 0 Å². The van der Waals surface area contributed by atoms with E-state index in [4.69, 9.17) is 10.5 Å². The van der Waals surface area contributed by atoms with Crippen LogP contribution in [0.25, 0.3) is 0 Å². The van der Waals surface area contributed by atoms with Gasteiger partial charge in [-0.15, -0.1) is 0 Å². The second-order valence-corrected chi connectivity index (χ2v) is 7.87. The van der Waals surface area contributed by atoms with E-state index in [1.807, 2.05) is 20.8 Å². The molecule has 1 fully saturated rings. The highest BCUT2D eigenvalue weighted by Gasteiger charge is 2.22. The lowest BCUT2D eigenvalue weighted by atomic mass is 10.00. The number of carbonyl (C=O) groups excluding carboxylic acids is 1. The molecule has 1 rings (SSSR count). The molecule has 0 radical (unpaired) electrons. The zero-order chi connectivity index (χ0) is 17.6. The molecule has 0 spiro atoms. The quantitative estimate of drug-likeness (QED) is 0.615. The SMILES string of the molecule is CC1CCN(C(N)=NCC(NC(=O)OC(C)(C)C)C(C)C)CC1. The summed E-state index contributed by atoms with van der Waals surface area (Å²) in [7, 11) is 0. The molecule has 0 bridgehead atoms. The predicted octanol–water partition coefficient (Wildman–Crippen LogP) is 2.58. The summed E-state index contributed by atoms with van der Waals surface area (Å²) in [6, 6.07) is -0.0906. The average molecular weight is 326 g/mol. The first-order valence-corrected chi connectivity index (χ1v) is 8.63. The molecule has 1 saturated heterocycles. The fourth-order valence-electron chi connectivity index (χ4n) is 2.41. The number of likely N-dealkylation sites (tertiary alicyclic amines) is 1. The Kier molecular flexibility index (Phi) is 7.16. The Morgan fingerprint density at radius 2 is 1.91 bits per heavy atom. The minimum absolute atomic E-state index is 0.0906. The third kappa shape index (κ3) is 7.57. The number of guanidine groups is 1. The maximum Gasteiger partial charge on any atom is 0.407 e. The summed E-state index contributed by atoms with van der Waals surface area (Å²) in [6.45, 7) is 14.3. The summed E-state index contributed by atoms with van der Waals surface area (Å²) in [5.41, 5.74) is 5.61. The molecule has 0 saturated carbocycles. The van der Waals surface area contributed by atoms with Gasteiger partial charge in [-0.05, 0) is 45.4 Å². The van der Waals surface area contributed by atoms with Crippen molar-refractivity contribution in [3.63, 3.8) is 0 Å². The minimum Gasteiger partial charge on any atom is -0.444 e. The van der Waals surface area contributed by atoms with Crippen molar-refractivity contribution in [3.05, 3.63) is 0 Å². The van der Waals surface area contributed by atoms with Gasteiger partial charge in [-0.25, -0.2) is 4.79 Å². The molecule has 134 valence electrons. The van der Waals surface area contributed by atoms with E-state index in [-0.39, 0.29) is 12.0 Å². The van der Waals surface area contributed by atoms with E-state index in [0.717, 1.165) is 31.8 Å². The Morgan fingerprint density at radius 3 is 2.39 bits per heavy atom. The smallest absolute Gasteiger partial charge is 0.407 e. The maximum atomic E-state index is 11.9. The molecular formula is C17H34N4O2. The van der Waals surface area contributed by atoms with E-state index in [0.29, 0.717) is 12.5 Å². The van der Waals surface area contributed by atoms with Crippen molar-refractivity contribution in [1.29, 1.82) is 0 Å². The van der Waals surface area contributed by atoms with Crippen molar-refractivity contribution >= 4 is 12.1 Å². The highest BCUT2D eigenvalue weighted by molar-refractivity contribution is 5.78. The fourth-order valence-corrected chi connectivity index (χ4v) is 2.41. The molecule has 6 heteroatoms. The van der Waals surface area contributed by atoms with Gasteiger partial charge >= 0.3 is 6.09 Å². The van der Waals surface area contributed by atoms with Gasteiger partial charge in [0.15, 0.2) is 5.96 Å². The third-order valence-electron chi connectivity index (χ3n) is 4.06. The van der Waals surface area contributed by atoms with E-state index in [2.05, 4.69) is 36.0 Å². The largest absolute Gasteiger partial charge is 0.444 e. The number of nitrogens with one attached hydrogen (secondary N) is 1. The normalized spacial score (nSPS) is 18.9. The highest BCUT2D eigenvalue weighted by Crippen LogP contribution is 2.15. The van der Waals surface area contributed by atoms with Gasteiger partial charge < -0.3 is 20.7 Å². The molecule has 1 unspecified atom stereocenters. The molecule has 1 heterocycles. The number of aliphatic imine (C=N–C) groups is 1. The summed E-state index contributed by atoms with van der Waals surface area (Å²) >= 11 is 0. The summed E-state index contributed by atoms with van der Waals surface area (Å²) in [5, 5.41) is 2.90. The minimum atomic E-state index is -0.502. The number of piperidine rings is 1. The zero-order valence-electron chi connectivity index (χ0n) is 15.6. The van der Waals surface area contributed by atoms with Crippen LogP contribution in [0.2, 0.25) is 0 Å². The van der Waals surface area contributed by atoms with Gasteiger partial charge in [0.1, 0.15) is 5.60 Å². The van der Waals surface area contributed by atoms with E-state index in [9.17, 15) is 4.79 Å². The van der Waals surface area contributed by atoms with Gasteiger partial charge in [0.2, 0.25) is 0 Å². The van der Waals surface area contributed by atoms with E-state index >= 15 is 0 Å². The van der Waals surface area contributed by atoms with Crippen LogP contribution in [0.3, 0.4) is 0 Å². The molecule has 0 aliphatic carbocycles. The van der Waals surface area contributed by atoms with Crippen LogP contribution in [0.15, 0.2) is 4.99 Å². The Labute approximate surface area is 140 Å². The van der Waals surface area contributed by atoms with Crippen LogP contribution in [-0.2, 0) is 4.74 Å². The van der Waals surface area contributed by atoms with Crippen LogP contribution >= 0.6 is 0 Å². The van der Waals surface area contributed by atoms with E-state index < -0.39 is 11.7 Å². The monoisotopic (exact) mass is 326 g/mol. The van der Waals surface area contributed by atoms with Crippen molar-refractivity contribution in [2.45, 2.75) is 66.0 Å². The second kappa shape index (κ2) is 8.41. The number of hydrogen-bond donors (Lipinski definition) is 2. The van der Waals surface area contributed by atoms with Gasteiger partial charge in [-0.1, -0.05) is 20.8 Å². The molecule has 6 nitrogen and oxygen atoms in total. The van der Waals surface area contributed by atoms with Crippen molar-refractivity contribution in [2.24, 2.45) is 22.6 Å².